The lowest BCUT2D eigenvalue weighted by Gasteiger charge is -2.39. The lowest BCUT2D eigenvalue weighted by Crippen LogP contribution is -2.54. The van der Waals surface area contributed by atoms with E-state index in [2.05, 4.69) is 9.47 Å². The van der Waals surface area contributed by atoms with Crippen molar-refractivity contribution in [3.8, 4) is 0 Å². The van der Waals surface area contributed by atoms with Crippen molar-refractivity contribution in [2.75, 3.05) is 7.11 Å². The molecule has 0 aromatic rings. The van der Waals surface area contributed by atoms with E-state index in [9.17, 15) is 4.79 Å². The molecule has 9 heteroatoms. The summed E-state index contributed by atoms with van der Waals surface area (Å²) in [4.78, 5) is 10.9. The average Bonchev–Trinajstić information content (AvgIpc) is 1.99. The van der Waals surface area contributed by atoms with Gasteiger partial charge in [0.25, 0.3) is 0 Å². The minimum Gasteiger partial charge on any atom is -0.438 e. The Balaban J connectivity index is 5.15. The zero-order valence-electron chi connectivity index (χ0n) is 7.49. The van der Waals surface area contributed by atoms with Gasteiger partial charge in [-0.25, -0.2) is 4.79 Å². The van der Waals surface area contributed by atoms with Crippen LogP contribution in [0.4, 0.5) is 4.79 Å². The quantitative estimate of drug-likeness (QED) is 0.529. The van der Waals surface area contributed by atoms with E-state index in [0.717, 1.165) is 14.0 Å². The van der Waals surface area contributed by atoms with Gasteiger partial charge in [-0.3, -0.25) is 0 Å². The summed E-state index contributed by atoms with van der Waals surface area (Å²) in [6, 6.07) is 0. The van der Waals surface area contributed by atoms with Crippen molar-refractivity contribution >= 4 is 75.8 Å². The molecule has 0 heterocycles. The van der Waals surface area contributed by atoms with Crippen LogP contribution < -0.4 is 0 Å². The number of hydrogen-bond donors (Lipinski definition) is 0. The molecule has 0 aliphatic rings. The van der Waals surface area contributed by atoms with Gasteiger partial charge in [-0.15, -0.1) is 0 Å². The zero-order valence-corrected chi connectivity index (χ0v) is 12.0. The van der Waals surface area contributed by atoms with Gasteiger partial charge in [-0.2, -0.15) is 0 Å². The van der Waals surface area contributed by atoms with E-state index in [1.54, 1.807) is 0 Å². The summed E-state index contributed by atoms with van der Waals surface area (Å²) >= 11 is 33.4. The van der Waals surface area contributed by atoms with Gasteiger partial charge in [-0.05, 0) is 6.92 Å². The molecule has 0 bridgehead atoms. The number of rotatable bonds is 1. The molecule has 0 N–H and O–H groups in total. The van der Waals surface area contributed by atoms with Crippen LogP contribution in [0.3, 0.4) is 0 Å². The van der Waals surface area contributed by atoms with Crippen LogP contribution in [0.15, 0.2) is 0 Å². The van der Waals surface area contributed by atoms with Gasteiger partial charge >= 0.3 is 6.16 Å². The van der Waals surface area contributed by atoms with Crippen molar-refractivity contribution in [1.29, 1.82) is 0 Å². The molecule has 0 aliphatic heterocycles. The average molecular weight is 339 g/mol. The fourth-order valence-corrected chi connectivity index (χ4v) is 2.00. The van der Waals surface area contributed by atoms with Crippen LogP contribution in [0.25, 0.3) is 0 Å². The monoisotopic (exact) mass is 336 g/mol. The van der Waals surface area contributed by atoms with Crippen molar-refractivity contribution < 1.29 is 14.3 Å². The molecule has 0 atom stereocenters. The molecule has 0 saturated carbocycles. The molecule has 0 fully saturated rings. The number of ether oxygens (including phenoxy) is 2. The van der Waals surface area contributed by atoms with Gasteiger partial charge in [0, 0.05) is 0 Å². The lowest BCUT2D eigenvalue weighted by molar-refractivity contribution is -0.0131. The first-order valence-electron chi connectivity index (χ1n) is 3.36. The summed E-state index contributed by atoms with van der Waals surface area (Å²) in [5.41, 5.74) is -1.98. The topological polar surface area (TPSA) is 35.5 Å². The molecule has 0 rings (SSSR count). The van der Waals surface area contributed by atoms with E-state index < -0.39 is 19.3 Å². The summed E-state index contributed by atoms with van der Waals surface area (Å²) in [5.74, 6) is 0. The molecule has 15 heavy (non-hydrogen) atoms. The maximum absolute atomic E-state index is 10.9. The van der Waals surface area contributed by atoms with E-state index in [-0.39, 0.29) is 0 Å². The Morgan fingerprint density at radius 1 is 1.00 bits per heavy atom. The van der Waals surface area contributed by atoms with Crippen molar-refractivity contribution in [1.82, 2.24) is 0 Å². The number of halogens is 6. The maximum Gasteiger partial charge on any atom is 0.508 e. The fraction of sp³-hybridized carbons (Fsp3) is 0.833. The molecule has 90 valence electrons. The van der Waals surface area contributed by atoms with Crippen LogP contribution in [-0.2, 0) is 9.47 Å². The normalized spacial score (nSPS) is 13.6. The lowest BCUT2D eigenvalue weighted by atomic mass is 10.1. The van der Waals surface area contributed by atoms with Crippen molar-refractivity contribution in [2.24, 2.45) is 0 Å². The van der Waals surface area contributed by atoms with Gasteiger partial charge < -0.3 is 9.47 Å². The molecule has 0 unspecified atom stereocenters. The first-order valence-corrected chi connectivity index (χ1v) is 5.63. The van der Waals surface area contributed by atoms with Crippen LogP contribution in [0.5, 0.6) is 0 Å². The third-order valence-electron chi connectivity index (χ3n) is 1.54. The van der Waals surface area contributed by atoms with E-state index in [4.69, 9.17) is 69.6 Å². The third kappa shape index (κ3) is 3.76. The molecular formula is C6H6Cl6O3. The van der Waals surface area contributed by atoms with Gasteiger partial charge in [0.05, 0.1) is 7.11 Å². The highest BCUT2D eigenvalue weighted by atomic mass is 35.6. The molecule has 0 radical (unpaired) electrons. The molecule has 0 spiro atoms. The number of carbonyl (C=O) groups excluding carboxylic acids is 1. The first-order chi connectivity index (χ1) is 6.45. The minimum atomic E-state index is -2.13. The van der Waals surface area contributed by atoms with Crippen LogP contribution in [-0.4, -0.2) is 26.5 Å². The van der Waals surface area contributed by atoms with Crippen molar-refractivity contribution in [2.45, 2.75) is 20.1 Å². The van der Waals surface area contributed by atoms with Crippen LogP contribution in [0.1, 0.15) is 6.92 Å². The Morgan fingerprint density at radius 3 is 1.53 bits per heavy atom. The number of hydrogen-bond acceptors (Lipinski definition) is 3. The number of alkyl halides is 6. The maximum atomic E-state index is 10.9. The predicted octanol–water partition coefficient (Wildman–Crippen LogP) is 4.27. The van der Waals surface area contributed by atoms with E-state index in [1.807, 2.05) is 0 Å². The molecular weight excluding hydrogens is 333 g/mol. The van der Waals surface area contributed by atoms with Gasteiger partial charge in [0.2, 0.25) is 13.2 Å². The van der Waals surface area contributed by atoms with Gasteiger partial charge in [-0.1, -0.05) is 69.6 Å². The number of carbonyl (C=O) groups is 1. The summed E-state index contributed by atoms with van der Waals surface area (Å²) < 4.78 is 4.62. The minimum absolute atomic E-state index is 1.07. The second-order valence-corrected chi connectivity index (χ2v) is 7.15. The van der Waals surface area contributed by atoms with E-state index in [1.165, 1.54) is 0 Å². The predicted molar refractivity (Wildman–Crippen MR) is 62.5 cm³/mol. The van der Waals surface area contributed by atoms with Gasteiger partial charge in [0.1, 0.15) is 0 Å². The largest absolute Gasteiger partial charge is 0.508 e. The first kappa shape index (κ1) is 16.0. The Bertz CT molecular complexity index is 228. The molecule has 0 aliphatic carbocycles. The summed E-state index contributed by atoms with van der Waals surface area (Å²) in [7, 11) is 1.07. The number of methoxy groups -OCH3 is 1. The highest BCUT2D eigenvalue weighted by Gasteiger charge is 2.61. The standard InChI is InChI=1S/C6H6Cl6O3/c1-4(5(7,8)9,6(10,11)12)15-3(13)14-2/h1-2H3. The Kier molecular flexibility index (Phi) is 5.45. The van der Waals surface area contributed by atoms with Crippen LogP contribution in [0.2, 0.25) is 0 Å². The highest BCUT2D eigenvalue weighted by Crippen LogP contribution is 2.53. The molecule has 0 aromatic carbocycles. The van der Waals surface area contributed by atoms with Crippen LogP contribution >= 0.6 is 69.6 Å². The molecule has 0 aromatic heterocycles. The smallest absolute Gasteiger partial charge is 0.438 e. The van der Waals surface area contributed by atoms with E-state index >= 15 is 0 Å². The Labute approximate surface area is 117 Å². The fourth-order valence-electron chi connectivity index (χ4n) is 0.485. The highest BCUT2D eigenvalue weighted by molar-refractivity contribution is 6.73. The second-order valence-electron chi connectivity index (χ2n) is 2.58. The second kappa shape index (κ2) is 5.11. The van der Waals surface area contributed by atoms with E-state index in [0.29, 0.717) is 0 Å². The third-order valence-corrected chi connectivity index (χ3v) is 3.70. The Morgan fingerprint density at radius 2 is 1.33 bits per heavy atom. The van der Waals surface area contributed by atoms with Gasteiger partial charge in [0.15, 0.2) is 0 Å². The summed E-state index contributed by atoms with van der Waals surface area (Å²) in [6.07, 6.45) is -1.13. The van der Waals surface area contributed by atoms with Crippen LogP contribution in [0, 0.1) is 0 Å². The Hall–Kier alpha value is 1.01. The zero-order chi connectivity index (χ0) is 12.5. The summed E-state index contributed by atoms with van der Waals surface area (Å²) in [6.45, 7) is 1.16. The SMILES string of the molecule is COC(=O)OC(C)(C(Cl)(Cl)Cl)C(Cl)(Cl)Cl. The van der Waals surface area contributed by atoms with Crippen molar-refractivity contribution in [3.63, 3.8) is 0 Å². The molecule has 0 amide bonds. The molecule has 0 saturated heterocycles. The molecule has 3 nitrogen and oxygen atoms in total. The van der Waals surface area contributed by atoms with Crippen molar-refractivity contribution in [3.05, 3.63) is 0 Å². The summed E-state index contributed by atoms with van der Waals surface area (Å²) in [5, 5.41) is 0.